The van der Waals surface area contributed by atoms with E-state index < -0.39 is 0 Å². The molecule has 0 aliphatic rings. The number of hydrogen-bond donors (Lipinski definition) is 2. The maximum absolute atomic E-state index is 4.29. The molecule has 2 N–H and O–H groups in total. The summed E-state index contributed by atoms with van der Waals surface area (Å²) in [5.41, 5.74) is 0.208. The Morgan fingerprint density at radius 2 is 1.86 bits per heavy atom. The zero-order valence-corrected chi connectivity index (χ0v) is 15.3. The number of hydrogen-bond acceptors (Lipinski definition) is 3. The average molecular weight is 323 g/mol. The highest BCUT2D eigenvalue weighted by Crippen LogP contribution is 2.16. The van der Waals surface area contributed by atoms with Crippen LogP contribution in [0.3, 0.4) is 0 Å². The van der Waals surface area contributed by atoms with Gasteiger partial charge in [0.1, 0.15) is 0 Å². The van der Waals surface area contributed by atoms with Gasteiger partial charge in [0.05, 0.1) is 0 Å². The predicted molar refractivity (Wildman–Crippen MR) is 98.9 cm³/mol. The molecule has 0 aliphatic carbocycles. The van der Waals surface area contributed by atoms with Gasteiger partial charge >= 0.3 is 0 Å². The molecule has 0 unspecified atom stereocenters. The van der Waals surface area contributed by atoms with Crippen molar-refractivity contribution in [3.05, 3.63) is 30.3 Å². The van der Waals surface area contributed by atoms with Crippen molar-refractivity contribution in [2.75, 3.05) is 46.5 Å². The van der Waals surface area contributed by atoms with E-state index in [2.05, 4.69) is 72.7 Å². The minimum absolute atomic E-state index is 0.208. The van der Waals surface area contributed by atoms with Crippen molar-refractivity contribution in [3.63, 3.8) is 0 Å². The van der Waals surface area contributed by atoms with E-state index in [0.717, 1.165) is 31.3 Å². The highest BCUT2D eigenvalue weighted by atomic mass is 32.2. The van der Waals surface area contributed by atoms with Gasteiger partial charge in [-0.15, -0.1) is 11.8 Å². The fourth-order valence-corrected chi connectivity index (χ4v) is 3.10. The Morgan fingerprint density at radius 3 is 2.45 bits per heavy atom. The van der Waals surface area contributed by atoms with Gasteiger partial charge in [-0.3, -0.25) is 4.99 Å². The van der Waals surface area contributed by atoms with Gasteiger partial charge in [-0.1, -0.05) is 32.0 Å². The molecular formula is C17H30N4S. The highest BCUT2D eigenvalue weighted by molar-refractivity contribution is 7.99. The second-order valence-electron chi connectivity index (χ2n) is 6.42. The van der Waals surface area contributed by atoms with Gasteiger partial charge in [0.15, 0.2) is 5.96 Å². The molecular weight excluding hydrogens is 292 g/mol. The Kier molecular flexibility index (Phi) is 8.35. The number of guanidine groups is 1. The smallest absolute Gasteiger partial charge is 0.191 e. The van der Waals surface area contributed by atoms with Crippen LogP contribution in [0.25, 0.3) is 0 Å². The second kappa shape index (κ2) is 9.74. The van der Waals surface area contributed by atoms with E-state index in [1.165, 1.54) is 4.90 Å². The average Bonchev–Trinajstić information content (AvgIpc) is 2.46. The lowest BCUT2D eigenvalue weighted by Crippen LogP contribution is -2.45. The molecule has 22 heavy (non-hydrogen) atoms. The zero-order chi connectivity index (χ0) is 16.4. The third kappa shape index (κ3) is 8.29. The van der Waals surface area contributed by atoms with E-state index in [-0.39, 0.29) is 5.41 Å². The maximum atomic E-state index is 4.29. The molecule has 0 fully saturated rings. The van der Waals surface area contributed by atoms with Gasteiger partial charge in [-0.2, -0.15) is 0 Å². The van der Waals surface area contributed by atoms with Crippen molar-refractivity contribution in [2.24, 2.45) is 10.4 Å². The first-order valence-corrected chi connectivity index (χ1v) is 8.68. The number of nitrogens with zero attached hydrogens (tertiary/aromatic N) is 2. The molecule has 1 rings (SSSR count). The highest BCUT2D eigenvalue weighted by Gasteiger charge is 2.19. The minimum Gasteiger partial charge on any atom is -0.356 e. The van der Waals surface area contributed by atoms with E-state index in [1.807, 2.05) is 24.9 Å². The van der Waals surface area contributed by atoms with Crippen LogP contribution in [-0.2, 0) is 0 Å². The number of nitrogens with one attached hydrogen (secondary N) is 2. The van der Waals surface area contributed by atoms with E-state index >= 15 is 0 Å². The fourth-order valence-electron chi connectivity index (χ4n) is 2.31. The van der Waals surface area contributed by atoms with Crippen molar-refractivity contribution in [1.82, 2.24) is 15.5 Å². The van der Waals surface area contributed by atoms with Crippen molar-refractivity contribution < 1.29 is 0 Å². The first-order valence-electron chi connectivity index (χ1n) is 7.70. The molecule has 1 aromatic rings. The van der Waals surface area contributed by atoms with E-state index in [1.54, 1.807) is 0 Å². The van der Waals surface area contributed by atoms with Crippen LogP contribution in [-0.4, -0.2) is 57.4 Å². The summed E-state index contributed by atoms with van der Waals surface area (Å²) in [4.78, 5) is 7.81. The standard InChI is InChI=1S/C17H30N4S/c1-17(2,14-21(4)5)13-20-16(18-3)19-11-12-22-15-9-7-6-8-10-15/h6-10H,11-14H2,1-5H3,(H2,18,19,20). The van der Waals surface area contributed by atoms with E-state index in [9.17, 15) is 0 Å². The second-order valence-corrected chi connectivity index (χ2v) is 7.58. The van der Waals surface area contributed by atoms with Gasteiger partial charge in [0.2, 0.25) is 0 Å². The largest absolute Gasteiger partial charge is 0.356 e. The van der Waals surface area contributed by atoms with Crippen LogP contribution < -0.4 is 10.6 Å². The number of aliphatic imine (C=N–C) groups is 1. The first kappa shape index (κ1) is 18.8. The lowest BCUT2D eigenvalue weighted by molar-refractivity contribution is 0.241. The van der Waals surface area contributed by atoms with Crippen LogP contribution in [0.1, 0.15) is 13.8 Å². The molecule has 0 spiro atoms. The van der Waals surface area contributed by atoms with Gasteiger partial charge in [0.25, 0.3) is 0 Å². The summed E-state index contributed by atoms with van der Waals surface area (Å²) in [6, 6.07) is 10.5. The maximum Gasteiger partial charge on any atom is 0.191 e. The molecule has 1 aromatic carbocycles. The Labute approximate surface area is 139 Å². The van der Waals surface area contributed by atoms with Crippen LogP contribution in [0.15, 0.2) is 40.2 Å². The predicted octanol–water partition coefficient (Wildman–Crippen LogP) is 2.53. The van der Waals surface area contributed by atoms with Crippen molar-refractivity contribution >= 4 is 17.7 Å². The van der Waals surface area contributed by atoms with Crippen LogP contribution in [0.2, 0.25) is 0 Å². The Balaban J connectivity index is 2.25. The van der Waals surface area contributed by atoms with E-state index in [4.69, 9.17) is 0 Å². The third-order valence-electron chi connectivity index (χ3n) is 3.11. The van der Waals surface area contributed by atoms with E-state index in [0.29, 0.717) is 0 Å². The van der Waals surface area contributed by atoms with Crippen molar-refractivity contribution in [3.8, 4) is 0 Å². The summed E-state index contributed by atoms with van der Waals surface area (Å²) in [5.74, 6) is 1.90. The van der Waals surface area contributed by atoms with Gasteiger partial charge in [-0.25, -0.2) is 0 Å². The molecule has 0 saturated carbocycles. The lowest BCUT2D eigenvalue weighted by Gasteiger charge is -2.29. The molecule has 0 saturated heterocycles. The fraction of sp³-hybridized carbons (Fsp3) is 0.588. The Hall–Kier alpha value is -1.20. The SMILES string of the molecule is CN=C(NCCSc1ccccc1)NCC(C)(C)CN(C)C. The molecule has 124 valence electrons. The topological polar surface area (TPSA) is 39.7 Å². The summed E-state index contributed by atoms with van der Waals surface area (Å²) < 4.78 is 0. The summed E-state index contributed by atoms with van der Waals surface area (Å²) in [6.07, 6.45) is 0. The van der Waals surface area contributed by atoms with Crippen LogP contribution in [0.4, 0.5) is 0 Å². The molecule has 0 atom stereocenters. The van der Waals surface area contributed by atoms with Gasteiger partial charge < -0.3 is 15.5 Å². The third-order valence-corrected chi connectivity index (χ3v) is 4.12. The summed E-state index contributed by atoms with van der Waals surface area (Å²) in [5, 5.41) is 6.79. The van der Waals surface area contributed by atoms with Crippen molar-refractivity contribution in [2.45, 2.75) is 18.7 Å². The quantitative estimate of drug-likeness (QED) is 0.334. The first-order chi connectivity index (χ1) is 10.4. The number of rotatable bonds is 8. The summed E-state index contributed by atoms with van der Waals surface area (Å²) in [7, 11) is 6.03. The monoisotopic (exact) mass is 322 g/mol. The van der Waals surface area contributed by atoms with Gasteiger partial charge in [-0.05, 0) is 31.6 Å². The molecule has 5 heteroatoms. The van der Waals surface area contributed by atoms with Crippen LogP contribution in [0, 0.1) is 5.41 Å². The van der Waals surface area contributed by atoms with Gasteiger partial charge in [0, 0.05) is 37.3 Å². The minimum atomic E-state index is 0.208. The molecule has 0 aliphatic heterocycles. The Bertz CT molecular complexity index is 443. The molecule has 0 aromatic heterocycles. The molecule has 4 nitrogen and oxygen atoms in total. The molecule has 0 radical (unpaired) electrons. The molecule has 0 heterocycles. The lowest BCUT2D eigenvalue weighted by atomic mass is 9.93. The van der Waals surface area contributed by atoms with Crippen LogP contribution >= 0.6 is 11.8 Å². The summed E-state index contributed by atoms with van der Waals surface area (Å²) >= 11 is 1.85. The molecule has 0 amide bonds. The summed E-state index contributed by atoms with van der Waals surface area (Å²) in [6.45, 7) is 7.36. The zero-order valence-electron chi connectivity index (χ0n) is 14.5. The van der Waals surface area contributed by atoms with Crippen molar-refractivity contribution in [1.29, 1.82) is 0 Å². The number of thioether (sulfide) groups is 1. The number of benzene rings is 1. The molecule has 0 bridgehead atoms. The Morgan fingerprint density at radius 1 is 1.18 bits per heavy atom. The van der Waals surface area contributed by atoms with Crippen LogP contribution in [0.5, 0.6) is 0 Å². The normalized spacial score (nSPS) is 12.5.